The van der Waals surface area contributed by atoms with Crippen LogP contribution in [-0.4, -0.2) is 16.6 Å². The third-order valence-electron chi connectivity index (χ3n) is 5.80. The first kappa shape index (κ1) is 26.5. The molecule has 0 unspecified atom stereocenters. The van der Waals surface area contributed by atoms with Crippen LogP contribution in [0.4, 0.5) is 23.7 Å². The van der Waals surface area contributed by atoms with Crippen molar-refractivity contribution in [3.63, 3.8) is 0 Å². The van der Waals surface area contributed by atoms with Gasteiger partial charge in [-0.2, -0.15) is 13.2 Å². The zero-order chi connectivity index (χ0) is 27.3. The Morgan fingerprint density at radius 2 is 1.61 bits per heavy atom. The van der Waals surface area contributed by atoms with Gasteiger partial charge in [-0.15, -0.1) is 0 Å². The molecule has 4 aromatic rings. The minimum absolute atomic E-state index is 0.201. The Kier molecular flexibility index (Phi) is 7.82. The van der Waals surface area contributed by atoms with Gasteiger partial charge in [-0.25, -0.2) is 4.79 Å². The monoisotopic (exact) mass is 522 g/mol. The van der Waals surface area contributed by atoms with Crippen LogP contribution in [0.5, 0.6) is 5.88 Å². The largest absolute Gasteiger partial charge is 0.416 e. The number of benzene rings is 3. The predicted octanol–water partition coefficient (Wildman–Crippen LogP) is 5.71. The second-order valence-electron chi connectivity index (χ2n) is 8.52. The van der Waals surface area contributed by atoms with Crippen LogP contribution < -0.4 is 21.1 Å². The quantitative estimate of drug-likeness (QED) is 0.290. The summed E-state index contributed by atoms with van der Waals surface area (Å²) >= 11 is 0. The van der Waals surface area contributed by atoms with Crippen molar-refractivity contribution in [3.05, 3.63) is 107 Å². The van der Waals surface area contributed by atoms with Crippen molar-refractivity contribution in [1.82, 2.24) is 9.88 Å². The van der Waals surface area contributed by atoms with Crippen LogP contribution in [0.3, 0.4) is 0 Å². The fourth-order valence-electron chi connectivity index (χ4n) is 3.78. The molecule has 7 nitrogen and oxygen atoms in total. The highest BCUT2D eigenvalue weighted by atomic mass is 19.4. The summed E-state index contributed by atoms with van der Waals surface area (Å²) in [6, 6.07) is 20.2. The topological polar surface area (TPSA) is 98.4 Å². The Bertz CT molecular complexity index is 1430. The molecule has 2 amide bonds. The van der Waals surface area contributed by atoms with Crippen LogP contribution in [0, 0.1) is 0 Å². The van der Waals surface area contributed by atoms with Crippen molar-refractivity contribution in [2.45, 2.75) is 19.3 Å². The van der Waals surface area contributed by atoms with E-state index >= 15 is 0 Å². The second kappa shape index (κ2) is 11.2. The van der Waals surface area contributed by atoms with Crippen LogP contribution in [0.15, 0.2) is 85.1 Å². The summed E-state index contributed by atoms with van der Waals surface area (Å²) in [6.07, 6.45) is -3.54. The highest BCUT2D eigenvalue weighted by molar-refractivity contribution is 6.08. The van der Waals surface area contributed by atoms with E-state index in [1.807, 2.05) is 24.3 Å². The molecule has 196 valence electrons. The van der Waals surface area contributed by atoms with E-state index in [2.05, 4.69) is 10.6 Å². The molecule has 0 aliphatic rings. The van der Waals surface area contributed by atoms with Crippen molar-refractivity contribution >= 4 is 17.7 Å². The fraction of sp³-hybridized carbons (Fsp3) is 0.143. The first-order valence-electron chi connectivity index (χ1n) is 11.6. The first-order valence-corrected chi connectivity index (χ1v) is 11.6. The smallest absolute Gasteiger partial charge is 0.393 e. The third-order valence-corrected chi connectivity index (χ3v) is 5.80. The number of aromatic nitrogens is 1. The summed E-state index contributed by atoms with van der Waals surface area (Å²) in [5.41, 5.74) is 8.27. The zero-order valence-corrected chi connectivity index (χ0v) is 20.4. The Morgan fingerprint density at radius 3 is 2.26 bits per heavy atom. The number of nitrogens with two attached hydrogens (primary N) is 1. The van der Waals surface area contributed by atoms with Crippen LogP contribution in [0.2, 0.25) is 0 Å². The molecule has 1 heterocycles. The maximum atomic E-state index is 13.1. The van der Waals surface area contributed by atoms with Gasteiger partial charge in [0, 0.05) is 38.0 Å². The van der Waals surface area contributed by atoms with Crippen molar-refractivity contribution in [2.75, 3.05) is 5.32 Å². The highest BCUT2D eigenvalue weighted by Crippen LogP contribution is 2.32. The Morgan fingerprint density at radius 1 is 0.947 bits per heavy atom. The number of alkyl halides is 3. The predicted molar refractivity (Wildman–Crippen MR) is 137 cm³/mol. The molecule has 0 aliphatic heterocycles. The number of rotatable bonds is 7. The normalized spacial score (nSPS) is 11.2. The zero-order valence-electron chi connectivity index (χ0n) is 20.4. The summed E-state index contributed by atoms with van der Waals surface area (Å²) in [5.74, 6) is -0.268. The van der Waals surface area contributed by atoms with Crippen molar-refractivity contribution in [1.29, 1.82) is 0 Å². The highest BCUT2D eigenvalue weighted by Gasteiger charge is 2.30. The molecule has 0 bridgehead atoms. The van der Waals surface area contributed by atoms with Crippen LogP contribution in [0.1, 0.15) is 27.0 Å². The van der Waals surface area contributed by atoms with E-state index in [4.69, 9.17) is 10.5 Å². The molecular weight excluding hydrogens is 497 g/mol. The summed E-state index contributed by atoms with van der Waals surface area (Å²) in [4.78, 5) is 25.3. The lowest BCUT2D eigenvalue weighted by Crippen LogP contribution is -2.26. The number of carbonyl (C=O) groups excluding carboxylic acids is 2. The van der Waals surface area contributed by atoms with E-state index in [0.717, 1.165) is 23.3 Å². The molecule has 38 heavy (non-hydrogen) atoms. The number of nitrogens with zero attached hydrogens (tertiary/aromatic N) is 1. The van der Waals surface area contributed by atoms with Crippen molar-refractivity contribution in [3.8, 4) is 17.0 Å². The molecular formula is C28H25F3N4O3. The first-order chi connectivity index (χ1) is 18.1. The summed E-state index contributed by atoms with van der Waals surface area (Å²) in [7, 11) is 1.65. The lowest BCUT2D eigenvalue weighted by molar-refractivity contribution is -0.137. The molecule has 4 N–H and O–H groups in total. The molecule has 0 spiro atoms. The maximum Gasteiger partial charge on any atom is 0.416 e. The van der Waals surface area contributed by atoms with Gasteiger partial charge in [-0.1, -0.05) is 54.6 Å². The van der Waals surface area contributed by atoms with E-state index in [-0.39, 0.29) is 18.0 Å². The number of amides is 2. The average molecular weight is 523 g/mol. The van der Waals surface area contributed by atoms with Gasteiger partial charge in [0.15, 0.2) is 0 Å². The maximum absolute atomic E-state index is 13.1. The molecule has 0 saturated carbocycles. The molecule has 10 heteroatoms. The molecule has 3 aromatic carbocycles. The number of hydrogen-bond donors (Lipinski definition) is 3. The lowest BCUT2D eigenvalue weighted by Gasteiger charge is -2.11. The minimum atomic E-state index is -4.45. The van der Waals surface area contributed by atoms with Gasteiger partial charge in [0.25, 0.3) is 5.91 Å². The van der Waals surface area contributed by atoms with Gasteiger partial charge < -0.3 is 25.7 Å². The fourth-order valence-corrected chi connectivity index (χ4v) is 3.78. The van der Waals surface area contributed by atoms with Crippen molar-refractivity contribution < 1.29 is 27.5 Å². The van der Waals surface area contributed by atoms with E-state index in [9.17, 15) is 22.8 Å². The molecule has 0 fully saturated rings. The molecule has 4 rings (SSSR count). The minimum Gasteiger partial charge on any atom is -0.393 e. The number of nitrogens with one attached hydrogen (secondary N) is 2. The van der Waals surface area contributed by atoms with E-state index in [1.165, 1.54) is 22.8 Å². The summed E-state index contributed by atoms with van der Waals surface area (Å²) in [5, 5.41) is 5.41. The molecule has 0 saturated heterocycles. The van der Waals surface area contributed by atoms with Gasteiger partial charge in [0.05, 0.1) is 11.3 Å². The molecule has 0 aliphatic carbocycles. The van der Waals surface area contributed by atoms with E-state index < -0.39 is 23.7 Å². The number of ether oxygens (including phenoxy) is 1. The Labute approximate surface area is 217 Å². The number of halogens is 3. The molecule has 1 aromatic heterocycles. The average Bonchev–Trinajstić information content (AvgIpc) is 3.25. The SMILES string of the molecule is Cn1cc(NC(=O)c2ccccc2-c2ccc(C(F)(F)F)cc2)cc1OC(=O)NCc1ccc(CN)cc1. The lowest BCUT2D eigenvalue weighted by atomic mass is 9.98. The van der Waals surface area contributed by atoms with Gasteiger partial charge in [-0.05, 0) is 40.5 Å². The van der Waals surface area contributed by atoms with Gasteiger partial charge in [0.1, 0.15) is 0 Å². The Balaban J connectivity index is 1.41. The van der Waals surface area contributed by atoms with E-state index in [1.54, 1.807) is 37.5 Å². The summed E-state index contributed by atoms with van der Waals surface area (Å²) in [6.45, 7) is 0.696. The number of anilines is 1. The van der Waals surface area contributed by atoms with Gasteiger partial charge >= 0.3 is 12.3 Å². The standard InChI is InChI=1S/C28H25F3N4O3/c1-35-17-22(14-25(35)38-27(37)33-16-19-8-6-18(15-32)7-9-19)34-26(36)24-5-3-2-4-23(24)20-10-12-21(13-11-20)28(29,30)31/h2-14,17H,15-16,32H2,1H3,(H,33,37)(H,34,36). The molecule has 0 radical (unpaired) electrons. The van der Waals surface area contributed by atoms with Crippen LogP contribution >= 0.6 is 0 Å². The van der Waals surface area contributed by atoms with Gasteiger partial charge in [0.2, 0.25) is 5.88 Å². The number of aryl methyl sites for hydroxylation is 1. The summed E-state index contributed by atoms with van der Waals surface area (Å²) < 4.78 is 45.7. The third kappa shape index (κ3) is 6.40. The second-order valence-corrected chi connectivity index (χ2v) is 8.52. The van der Waals surface area contributed by atoms with Crippen molar-refractivity contribution in [2.24, 2.45) is 12.8 Å². The van der Waals surface area contributed by atoms with E-state index in [0.29, 0.717) is 23.4 Å². The van der Waals surface area contributed by atoms with Crippen LogP contribution in [0.25, 0.3) is 11.1 Å². The number of hydrogen-bond acceptors (Lipinski definition) is 4. The Hall–Kier alpha value is -4.57. The van der Waals surface area contributed by atoms with Crippen LogP contribution in [-0.2, 0) is 26.3 Å². The number of carbonyl (C=O) groups is 2. The molecule has 0 atom stereocenters. The van der Waals surface area contributed by atoms with Gasteiger partial charge in [-0.3, -0.25) is 4.79 Å².